The smallest absolute Gasteiger partial charge is 0.339 e. The van der Waals surface area contributed by atoms with Crippen molar-refractivity contribution in [3.05, 3.63) is 83.9 Å². The number of benzene rings is 1. The van der Waals surface area contributed by atoms with Crippen LogP contribution < -0.4 is 5.32 Å². The van der Waals surface area contributed by atoms with Crippen LogP contribution in [0, 0.1) is 0 Å². The normalized spacial score (nSPS) is 17.5. The van der Waals surface area contributed by atoms with E-state index in [2.05, 4.69) is 10.3 Å². The van der Waals surface area contributed by atoms with Crippen LogP contribution in [0.2, 0.25) is 0 Å². The fourth-order valence-electron chi connectivity index (χ4n) is 4.10. The number of aromatic nitrogens is 2. The van der Waals surface area contributed by atoms with Crippen molar-refractivity contribution in [2.24, 2.45) is 0 Å². The quantitative estimate of drug-likeness (QED) is 0.422. The Morgan fingerprint density at radius 1 is 1.06 bits per heavy atom. The van der Waals surface area contributed by atoms with Gasteiger partial charge in [-0.25, -0.2) is 4.79 Å². The number of carbonyl (C=O) groups excluding carboxylic acids is 2. The second-order valence-corrected chi connectivity index (χ2v) is 7.84. The third-order valence-corrected chi connectivity index (χ3v) is 5.99. The van der Waals surface area contributed by atoms with Crippen LogP contribution in [0.3, 0.4) is 0 Å². The van der Waals surface area contributed by atoms with Crippen molar-refractivity contribution in [1.82, 2.24) is 19.8 Å². The standard InChI is InChI=1S/C24H24N4O4S/c1-31-20(29)12-15-28-22(21(26-24(28)33)17-9-5-6-13-25-17)19-11-7-14-27(19)18-10-4-3-8-16(18)23(30)32-2/h3-11,13-14,21-22H,12,15H2,1-2H3,(H,26,33). The largest absolute Gasteiger partial charge is 0.469 e. The van der Waals surface area contributed by atoms with Crippen LogP contribution in [0.5, 0.6) is 0 Å². The molecule has 0 saturated carbocycles. The average molecular weight is 465 g/mol. The first kappa shape index (κ1) is 22.5. The van der Waals surface area contributed by atoms with Gasteiger partial charge in [0.2, 0.25) is 0 Å². The van der Waals surface area contributed by atoms with Crippen LogP contribution in [0.25, 0.3) is 5.69 Å². The first-order chi connectivity index (χ1) is 16.0. The molecule has 0 aliphatic carbocycles. The number of thiocarbonyl (C=S) groups is 1. The molecule has 4 rings (SSSR count). The van der Waals surface area contributed by atoms with Crippen molar-refractivity contribution in [3.8, 4) is 5.69 Å². The number of hydrogen-bond donors (Lipinski definition) is 1. The molecule has 0 spiro atoms. The molecule has 3 heterocycles. The first-order valence-corrected chi connectivity index (χ1v) is 10.9. The number of esters is 2. The van der Waals surface area contributed by atoms with Crippen molar-refractivity contribution in [2.75, 3.05) is 20.8 Å². The van der Waals surface area contributed by atoms with Gasteiger partial charge < -0.3 is 24.3 Å². The molecule has 3 aromatic rings. The molecule has 33 heavy (non-hydrogen) atoms. The van der Waals surface area contributed by atoms with Gasteiger partial charge in [-0.15, -0.1) is 0 Å². The second-order valence-electron chi connectivity index (χ2n) is 7.46. The maximum atomic E-state index is 12.4. The predicted molar refractivity (Wildman–Crippen MR) is 126 cm³/mol. The minimum atomic E-state index is -0.422. The molecule has 1 aromatic carbocycles. The van der Waals surface area contributed by atoms with Crippen molar-refractivity contribution < 1.29 is 19.1 Å². The molecule has 8 nitrogen and oxygen atoms in total. The van der Waals surface area contributed by atoms with Gasteiger partial charge in [-0.05, 0) is 48.6 Å². The lowest BCUT2D eigenvalue weighted by molar-refractivity contribution is -0.140. The molecule has 0 amide bonds. The van der Waals surface area contributed by atoms with E-state index in [9.17, 15) is 9.59 Å². The summed E-state index contributed by atoms with van der Waals surface area (Å²) in [5.41, 5.74) is 2.84. The first-order valence-electron chi connectivity index (χ1n) is 10.4. The molecule has 170 valence electrons. The molecule has 1 aliphatic rings. The van der Waals surface area contributed by atoms with Gasteiger partial charge in [0.15, 0.2) is 5.11 Å². The van der Waals surface area contributed by atoms with E-state index in [1.165, 1.54) is 14.2 Å². The minimum Gasteiger partial charge on any atom is -0.469 e. The Bertz CT molecular complexity index is 1160. The van der Waals surface area contributed by atoms with Crippen molar-refractivity contribution in [3.63, 3.8) is 0 Å². The van der Waals surface area contributed by atoms with Gasteiger partial charge >= 0.3 is 11.9 Å². The summed E-state index contributed by atoms with van der Waals surface area (Å²) in [6.45, 7) is 0.371. The predicted octanol–water partition coefficient (Wildman–Crippen LogP) is 3.19. The Morgan fingerprint density at radius 3 is 2.58 bits per heavy atom. The molecule has 1 aliphatic heterocycles. The summed E-state index contributed by atoms with van der Waals surface area (Å²) in [6.07, 6.45) is 3.81. The van der Waals surface area contributed by atoms with E-state index in [0.717, 1.165) is 11.4 Å². The molecular formula is C24H24N4O4S. The summed E-state index contributed by atoms with van der Waals surface area (Å²) in [7, 11) is 2.73. The molecule has 1 fully saturated rings. The lowest BCUT2D eigenvalue weighted by Gasteiger charge is -2.29. The van der Waals surface area contributed by atoms with E-state index in [1.807, 2.05) is 58.1 Å². The summed E-state index contributed by atoms with van der Waals surface area (Å²) < 4.78 is 11.8. The third kappa shape index (κ3) is 4.45. The number of nitrogens with zero attached hydrogens (tertiary/aromatic N) is 3. The topological polar surface area (TPSA) is 85.7 Å². The minimum absolute atomic E-state index is 0.184. The zero-order chi connectivity index (χ0) is 23.4. The average Bonchev–Trinajstić information content (AvgIpc) is 3.46. The van der Waals surface area contributed by atoms with Crippen LogP contribution in [0.4, 0.5) is 0 Å². The van der Waals surface area contributed by atoms with Gasteiger partial charge in [-0.1, -0.05) is 18.2 Å². The maximum absolute atomic E-state index is 12.4. The molecule has 0 radical (unpaired) electrons. The SMILES string of the molecule is COC(=O)CCN1C(=S)NC(c2ccccn2)C1c1cccn1-c1ccccc1C(=O)OC. The highest BCUT2D eigenvalue weighted by molar-refractivity contribution is 7.80. The molecule has 2 aromatic heterocycles. The van der Waals surface area contributed by atoms with Crippen LogP contribution in [-0.4, -0.2) is 52.3 Å². The van der Waals surface area contributed by atoms with Crippen molar-refractivity contribution in [2.45, 2.75) is 18.5 Å². The van der Waals surface area contributed by atoms with E-state index >= 15 is 0 Å². The summed E-state index contributed by atoms with van der Waals surface area (Å²) in [6, 6.07) is 16.3. The number of rotatable bonds is 7. The highest BCUT2D eigenvalue weighted by Gasteiger charge is 2.41. The number of methoxy groups -OCH3 is 2. The molecule has 1 saturated heterocycles. The third-order valence-electron chi connectivity index (χ3n) is 5.63. The summed E-state index contributed by atoms with van der Waals surface area (Å²) >= 11 is 5.65. The summed E-state index contributed by atoms with van der Waals surface area (Å²) in [4.78, 5) is 30.8. The maximum Gasteiger partial charge on any atom is 0.339 e. The van der Waals surface area contributed by atoms with E-state index in [0.29, 0.717) is 22.9 Å². The fraction of sp³-hybridized carbons (Fsp3) is 0.250. The van der Waals surface area contributed by atoms with Crippen LogP contribution >= 0.6 is 12.2 Å². The molecule has 2 atom stereocenters. The van der Waals surface area contributed by atoms with Gasteiger partial charge in [0.05, 0.1) is 49.7 Å². The van der Waals surface area contributed by atoms with Crippen LogP contribution in [-0.2, 0) is 14.3 Å². The molecule has 0 bridgehead atoms. The van der Waals surface area contributed by atoms with Gasteiger partial charge in [0, 0.05) is 24.6 Å². The Hall–Kier alpha value is -3.72. The van der Waals surface area contributed by atoms with Crippen molar-refractivity contribution >= 4 is 29.3 Å². The zero-order valence-corrected chi connectivity index (χ0v) is 19.1. The number of nitrogens with one attached hydrogen (secondary N) is 1. The van der Waals surface area contributed by atoms with E-state index in [4.69, 9.17) is 21.7 Å². The van der Waals surface area contributed by atoms with E-state index in [-0.39, 0.29) is 24.5 Å². The second kappa shape index (κ2) is 9.83. The number of ether oxygens (including phenoxy) is 2. The van der Waals surface area contributed by atoms with E-state index in [1.54, 1.807) is 18.3 Å². The molecular weight excluding hydrogens is 440 g/mol. The van der Waals surface area contributed by atoms with Gasteiger partial charge in [-0.3, -0.25) is 9.78 Å². The zero-order valence-electron chi connectivity index (χ0n) is 18.3. The number of carbonyl (C=O) groups is 2. The Kier molecular flexibility index (Phi) is 6.69. The van der Waals surface area contributed by atoms with Crippen LogP contribution in [0.1, 0.15) is 40.3 Å². The highest BCUT2D eigenvalue weighted by Crippen LogP contribution is 2.39. The number of hydrogen-bond acceptors (Lipinski definition) is 6. The summed E-state index contributed by atoms with van der Waals surface area (Å²) in [5, 5.41) is 3.89. The molecule has 1 N–H and O–H groups in total. The number of pyridine rings is 1. The Labute approximate surface area is 197 Å². The fourth-order valence-corrected chi connectivity index (χ4v) is 4.43. The molecule has 2 unspecified atom stereocenters. The Morgan fingerprint density at radius 2 is 1.85 bits per heavy atom. The highest BCUT2D eigenvalue weighted by atomic mass is 32.1. The molecule has 9 heteroatoms. The van der Waals surface area contributed by atoms with Gasteiger partial charge in [-0.2, -0.15) is 0 Å². The monoisotopic (exact) mass is 464 g/mol. The lowest BCUT2D eigenvalue weighted by atomic mass is 10.0. The van der Waals surface area contributed by atoms with Crippen LogP contribution in [0.15, 0.2) is 67.0 Å². The van der Waals surface area contributed by atoms with Gasteiger partial charge in [0.25, 0.3) is 0 Å². The van der Waals surface area contributed by atoms with E-state index < -0.39 is 5.97 Å². The Balaban J connectivity index is 1.81. The van der Waals surface area contributed by atoms with Crippen molar-refractivity contribution in [1.29, 1.82) is 0 Å². The summed E-state index contributed by atoms with van der Waals surface area (Å²) in [5.74, 6) is -0.738. The lowest BCUT2D eigenvalue weighted by Crippen LogP contribution is -2.32. The van der Waals surface area contributed by atoms with Gasteiger partial charge in [0.1, 0.15) is 0 Å². The number of para-hydroxylation sites is 1.